The molecule has 3 nitrogen and oxygen atoms in total. The quantitative estimate of drug-likeness (QED) is 0.313. The largest absolute Gasteiger partial charge is 0.411 e. The molecule has 0 atom stereocenters. The zero-order chi connectivity index (χ0) is 10.2. The molecule has 1 rings (SSSR count). The van der Waals surface area contributed by atoms with Gasteiger partial charge in [0, 0.05) is 11.1 Å². The van der Waals surface area contributed by atoms with Gasteiger partial charge in [0.15, 0.2) is 0 Å². The lowest BCUT2D eigenvalue weighted by molar-refractivity contribution is 0.322. The molecule has 0 saturated heterocycles. The summed E-state index contributed by atoms with van der Waals surface area (Å²) in [5.74, 6) is 5.52. The van der Waals surface area contributed by atoms with Crippen LogP contribution >= 0.6 is 0 Å². The molecule has 0 unspecified atom stereocenters. The maximum Gasteiger partial charge on any atom is 0.0966 e. The summed E-state index contributed by atoms with van der Waals surface area (Å²) in [4.78, 5) is 0. The highest BCUT2D eigenvalue weighted by molar-refractivity contribution is 5.82. The van der Waals surface area contributed by atoms with Crippen LogP contribution in [-0.2, 0) is 0 Å². The molecule has 0 spiro atoms. The van der Waals surface area contributed by atoms with Crippen molar-refractivity contribution in [2.24, 2.45) is 5.16 Å². The monoisotopic (exact) mass is 184 g/mol. The molecular weight excluding hydrogens is 176 g/mol. The van der Waals surface area contributed by atoms with Crippen molar-refractivity contribution >= 4 is 6.21 Å². The van der Waals surface area contributed by atoms with Gasteiger partial charge in [-0.1, -0.05) is 35.2 Å². The van der Waals surface area contributed by atoms with Crippen molar-refractivity contribution in [3.8, 4) is 17.9 Å². The van der Waals surface area contributed by atoms with E-state index in [4.69, 9.17) is 10.5 Å². The molecule has 3 heteroatoms. The molecule has 68 valence electrons. The minimum absolute atomic E-state index is 0.199. The zero-order valence-electron chi connectivity index (χ0n) is 7.44. The SMILES string of the molecule is N#CCC#Cc1ccccc1C=NO. The van der Waals surface area contributed by atoms with Gasteiger partial charge in [-0.3, -0.25) is 0 Å². The summed E-state index contributed by atoms with van der Waals surface area (Å²) in [6, 6.07) is 9.19. The third-order valence-electron chi connectivity index (χ3n) is 1.55. The Balaban J connectivity index is 2.98. The maximum atomic E-state index is 8.38. The molecule has 0 amide bonds. The summed E-state index contributed by atoms with van der Waals surface area (Å²) in [7, 11) is 0. The number of hydrogen-bond donors (Lipinski definition) is 1. The summed E-state index contributed by atoms with van der Waals surface area (Å²) in [6.07, 6.45) is 1.51. The van der Waals surface area contributed by atoms with Crippen molar-refractivity contribution in [3.63, 3.8) is 0 Å². The lowest BCUT2D eigenvalue weighted by atomic mass is 10.1. The van der Waals surface area contributed by atoms with Crippen LogP contribution in [0.3, 0.4) is 0 Å². The Kier molecular flexibility index (Phi) is 3.79. The van der Waals surface area contributed by atoms with Gasteiger partial charge in [0.05, 0.1) is 18.7 Å². The Morgan fingerprint density at radius 1 is 1.43 bits per heavy atom. The van der Waals surface area contributed by atoms with Crippen molar-refractivity contribution in [1.29, 1.82) is 5.26 Å². The number of hydrogen-bond acceptors (Lipinski definition) is 3. The molecule has 0 fully saturated rings. The van der Waals surface area contributed by atoms with Crippen LogP contribution in [0.25, 0.3) is 0 Å². The second-order valence-corrected chi connectivity index (χ2v) is 2.47. The topological polar surface area (TPSA) is 56.4 Å². The third-order valence-corrected chi connectivity index (χ3v) is 1.55. The second kappa shape index (κ2) is 5.40. The Morgan fingerprint density at radius 3 is 2.93 bits per heavy atom. The van der Waals surface area contributed by atoms with Crippen molar-refractivity contribution in [3.05, 3.63) is 35.4 Å². The predicted molar refractivity (Wildman–Crippen MR) is 52.9 cm³/mol. The highest BCUT2D eigenvalue weighted by atomic mass is 16.4. The molecule has 1 aromatic carbocycles. The fourth-order valence-electron chi connectivity index (χ4n) is 0.965. The normalized spacial score (nSPS) is 9.07. The predicted octanol–water partition coefficient (Wildman–Crippen LogP) is 1.76. The fraction of sp³-hybridized carbons (Fsp3) is 0.0909. The molecule has 1 aromatic rings. The summed E-state index contributed by atoms with van der Waals surface area (Å²) in [6.45, 7) is 0. The van der Waals surface area contributed by atoms with Crippen molar-refractivity contribution < 1.29 is 5.21 Å². The van der Waals surface area contributed by atoms with Crippen LogP contribution < -0.4 is 0 Å². The summed E-state index contributed by atoms with van der Waals surface area (Å²) in [5.41, 5.74) is 1.49. The van der Waals surface area contributed by atoms with Crippen LogP contribution in [-0.4, -0.2) is 11.4 Å². The Morgan fingerprint density at radius 2 is 2.21 bits per heavy atom. The zero-order valence-corrected chi connectivity index (χ0v) is 7.44. The first kappa shape index (κ1) is 9.83. The van der Waals surface area contributed by atoms with E-state index >= 15 is 0 Å². The van der Waals surface area contributed by atoms with E-state index in [1.807, 2.05) is 18.2 Å². The van der Waals surface area contributed by atoms with Crippen LogP contribution in [0.5, 0.6) is 0 Å². The fourth-order valence-corrected chi connectivity index (χ4v) is 0.965. The van der Waals surface area contributed by atoms with Crippen LogP contribution in [0, 0.1) is 23.2 Å². The van der Waals surface area contributed by atoms with Gasteiger partial charge in [0.1, 0.15) is 0 Å². The number of rotatable bonds is 1. The molecule has 0 aliphatic carbocycles. The standard InChI is InChI=1S/C11H8N2O/c12-8-4-3-6-10-5-1-2-7-11(10)9-13-14/h1-2,5,7,9,14H,4H2. The lowest BCUT2D eigenvalue weighted by Crippen LogP contribution is -1.86. The van der Waals surface area contributed by atoms with E-state index in [1.165, 1.54) is 6.21 Å². The molecular formula is C11H8N2O. The van der Waals surface area contributed by atoms with Crippen LogP contribution in [0.2, 0.25) is 0 Å². The molecule has 0 aromatic heterocycles. The van der Waals surface area contributed by atoms with Crippen molar-refractivity contribution in [2.45, 2.75) is 6.42 Å². The molecule has 0 aliphatic heterocycles. The summed E-state index contributed by atoms with van der Waals surface area (Å²) < 4.78 is 0. The molecule has 0 aliphatic rings. The molecule has 0 bridgehead atoms. The average molecular weight is 184 g/mol. The smallest absolute Gasteiger partial charge is 0.0966 e. The highest BCUT2D eigenvalue weighted by Crippen LogP contribution is 2.04. The Bertz CT molecular complexity index is 433. The summed E-state index contributed by atoms with van der Waals surface area (Å²) >= 11 is 0. The van der Waals surface area contributed by atoms with E-state index < -0.39 is 0 Å². The van der Waals surface area contributed by atoms with Gasteiger partial charge in [-0.25, -0.2) is 0 Å². The van der Waals surface area contributed by atoms with E-state index in [9.17, 15) is 0 Å². The molecule has 14 heavy (non-hydrogen) atoms. The van der Waals surface area contributed by atoms with E-state index in [-0.39, 0.29) is 6.42 Å². The third kappa shape index (κ3) is 2.66. The van der Waals surface area contributed by atoms with Crippen molar-refractivity contribution in [1.82, 2.24) is 0 Å². The van der Waals surface area contributed by atoms with Gasteiger partial charge in [0.25, 0.3) is 0 Å². The van der Waals surface area contributed by atoms with Gasteiger partial charge in [-0.2, -0.15) is 5.26 Å². The number of benzene rings is 1. The van der Waals surface area contributed by atoms with E-state index in [0.717, 1.165) is 11.1 Å². The van der Waals surface area contributed by atoms with Gasteiger partial charge >= 0.3 is 0 Å². The first-order valence-corrected chi connectivity index (χ1v) is 4.00. The van der Waals surface area contributed by atoms with Gasteiger partial charge in [0.2, 0.25) is 0 Å². The Labute approximate surface area is 82.3 Å². The van der Waals surface area contributed by atoms with Crippen LogP contribution in [0.1, 0.15) is 17.5 Å². The maximum absolute atomic E-state index is 8.38. The average Bonchev–Trinajstić information content (AvgIpc) is 2.21. The summed E-state index contributed by atoms with van der Waals surface area (Å²) in [5, 5.41) is 19.6. The molecule has 0 heterocycles. The number of nitrogens with zero attached hydrogens (tertiary/aromatic N) is 2. The van der Waals surface area contributed by atoms with E-state index in [0.29, 0.717) is 0 Å². The van der Waals surface area contributed by atoms with Gasteiger partial charge < -0.3 is 5.21 Å². The van der Waals surface area contributed by atoms with Crippen LogP contribution in [0.15, 0.2) is 29.4 Å². The van der Waals surface area contributed by atoms with Crippen LogP contribution in [0.4, 0.5) is 0 Å². The lowest BCUT2D eigenvalue weighted by Gasteiger charge is -1.94. The number of oxime groups is 1. The molecule has 0 saturated carbocycles. The van der Waals surface area contributed by atoms with E-state index in [2.05, 4.69) is 17.0 Å². The minimum atomic E-state index is 0.199. The second-order valence-electron chi connectivity index (χ2n) is 2.47. The van der Waals surface area contributed by atoms with Crippen molar-refractivity contribution in [2.75, 3.05) is 0 Å². The van der Waals surface area contributed by atoms with E-state index in [1.54, 1.807) is 12.1 Å². The van der Waals surface area contributed by atoms with Gasteiger partial charge in [-0.05, 0) is 6.07 Å². The van der Waals surface area contributed by atoms with Gasteiger partial charge in [-0.15, -0.1) is 0 Å². The Hall–Kier alpha value is -2.26. The first-order valence-electron chi connectivity index (χ1n) is 4.00. The molecule has 1 N–H and O–H groups in total. The molecule has 0 radical (unpaired) electrons. The minimum Gasteiger partial charge on any atom is -0.411 e. The highest BCUT2D eigenvalue weighted by Gasteiger charge is 1.93. The first-order chi connectivity index (χ1) is 6.88. The number of nitriles is 1.